The Morgan fingerprint density at radius 1 is 0.771 bits per heavy atom. The highest BCUT2D eigenvalue weighted by molar-refractivity contribution is 7.14. The molecule has 0 fully saturated rings. The van der Waals surface area contributed by atoms with Crippen molar-refractivity contribution in [1.29, 1.82) is 0 Å². The molecule has 2 N–H and O–H groups in total. The van der Waals surface area contributed by atoms with E-state index in [1.807, 2.05) is 67.0 Å². The van der Waals surface area contributed by atoms with Gasteiger partial charge in [-0.1, -0.05) is 122 Å². The predicted octanol–water partition coefficient (Wildman–Crippen LogP) is 9.90. The molecule has 1 atom stereocenters. The van der Waals surface area contributed by atoms with Gasteiger partial charge in [-0.3, -0.25) is 4.79 Å². The van der Waals surface area contributed by atoms with Crippen molar-refractivity contribution in [2.45, 2.75) is 110 Å². The van der Waals surface area contributed by atoms with Crippen LogP contribution in [0.3, 0.4) is 0 Å². The Balaban J connectivity index is 1.22. The first-order valence-electron chi connectivity index (χ1n) is 17.4. The van der Waals surface area contributed by atoms with Crippen molar-refractivity contribution >= 4 is 23.2 Å². The first-order valence-corrected chi connectivity index (χ1v) is 18.2. The number of hydrogen-bond donors (Lipinski definition) is 2. The third-order valence-corrected chi connectivity index (χ3v) is 9.94. The molecule has 0 radical (unpaired) electrons. The van der Waals surface area contributed by atoms with Crippen molar-refractivity contribution in [1.82, 2.24) is 15.3 Å². The van der Waals surface area contributed by atoms with E-state index < -0.39 is 12.0 Å². The van der Waals surface area contributed by atoms with Gasteiger partial charge in [0.15, 0.2) is 5.82 Å². The monoisotopic (exact) mass is 669 g/mol. The number of carboxylic acid groups (broad SMARTS) is 1. The van der Waals surface area contributed by atoms with Gasteiger partial charge >= 0.3 is 5.97 Å². The standard InChI is InChI=1S/C40H51N3O4S/c1-5-6-7-8-9-10-11-12-13-14-25-47-33-21-19-30(20-22-33)32-27-41-37(42-28-32)31-17-15-29(16-18-31)26-34(39(45)46)43-38(44)35-23-24-36(48-35)40(2,3)4/h15-24,27-28,34H,5-14,25-26H2,1-4H3,(H,43,44)(H,45,46)/t34-/m0/s1. The molecule has 0 aliphatic heterocycles. The molecule has 2 aromatic carbocycles. The smallest absolute Gasteiger partial charge is 0.326 e. The normalized spacial score (nSPS) is 12.1. The van der Waals surface area contributed by atoms with Crippen LogP contribution < -0.4 is 10.1 Å². The number of thiophene rings is 1. The third-order valence-electron chi connectivity index (χ3n) is 8.43. The summed E-state index contributed by atoms with van der Waals surface area (Å²) in [5.74, 6) is 0.00234. The zero-order valence-corrected chi connectivity index (χ0v) is 29.8. The SMILES string of the molecule is CCCCCCCCCCCCOc1ccc(-c2cnc(-c3ccc(C[C@H](NC(=O)c4ccc(C(C)(C)C)s4)C(=O)O)cc3)nc2)cc1. The van der Waals surface area contributed by atoms with Crippen LogP contribution in [0, 0.1) is 0 Å². The lowest BCUT2D eigenvalue weighted by Crippen LogP contribution is -2.42. The first-order chi connectivity index (χ1) is 23.1. The van der Waals surface area contributed by atoms with Crippen LogP contribution >= 0.6 is 11.3 Å². The zero-order chi connectivity index (χ0) is 34.4. The summed E-state index contributed by atoms with van der Waals surface area (Å²) in [4.78, 5) is 35.5. The number of rotatable bonds is 19. The van der Waals surface area contributed by atoms with Gasteiger partial charge in [-0.05, 0) is 47.2 Å². The fraction of sp³-hybridized carbons (Fsp3) is 0.450. The highest BCUT2D eigenvalue weighted by atomic mass is 32.1. The molecular weight excluding hydrogens is 619 g/mol. The second-order valence-corrected chi connectivity index (χ2v) is 14.6. The molecule has 7 nitrogen and oxygen atoms in total. The van der Waals surface area contributed by atoms with Crippen LogP contribution in [-0.4, -0.2) is 39.6 Å². The number of aliphatic carboxylic acids is 1. The van der Waals surface area contributed by atoms with Gasteiger partial charge < -0.3 is 15.2 Å². The quantitative estimate of drug-likeness (QED) is 0.0964. The van der Waals surface area contributed by atoms with Gasteiger partial charge in [-0.2, -0.15) is 0 Å². The molecule has 0 spiro atoms. The summed E-state index contributed by atoms with van der Waals surface area (Å²) < 4.78 is 5.96. The van der Waals surface area contributed by atoms with Gasteiger partial charge in [0.25, 0.3) is 5.91 Å². The van der Waals surface area contributed by atoms with Crippen LogP contribution in [0.15, 0.2) is 73.1 Å². The number of carbonyl (C=O) groups is 2. The van der Waals surface area contributed by atoms with E-state index >= 15 is 0 Å². The molecule has 0 bridgehead atoms. The number of nitrogens with zero attached hydrogens (tertiary/aromatic N) is 2. The molecule has 4 aromatic rings. The molecule has 0 unspecified atom stereocenters. The second-order valence-electron chi connectivity index (χ2n) is 13.5. The van der Waals surface area contributed by atoms with Gasteiger partial charge in [-0.25, -0.2) is 14.8 Å². The van der Waals surface area contributed by atoms with E-state index in [1.54, 1.807) is 6.07 Å². The Morgan fingerprint density at radius 3 is 1.92 bits per heavy atom. The minimum atomic E-state index is -1.08. The largest absolute Gasteiger partial charge is 0.494 e. The topological polar surface area (TPSA) is 101 Å². The molecular formula is C40H51N3O4S. The molecule has 256 valence electrons. The lowest BCUT2D eigenvalue weighted by Gasteiger charge is -2.16. The maximum Gasteiger partial charge on any atom is 0.326 e. The molecule has 8 heteroatoms. The minimum Gasteiger partial charge on any atom is -0.494 e. The Hall–Kier alpha value is -4.04. The van der Waals surface area contributed by atoms with Crippen LogP contribution in [0.1, 0.15) is 112 Å². The second kappa shape index (κ2) is 18.5. The van der Waals surface area contributed by atoms with Crippen LogP contribution in [0.2, 0.25) is 0 Å². The first kappa shape index (κ1) is 36.8. The van der Waals surface area contributed by atoms with Gasteiger partial charge in [0.05, 0.1) is 11.5 Å². The Morgan fingerprint density at radius 2 is 1.35 bits per heavy atom. The summed E-state index contributed by atoms with van der Waals surface area (Å²) in [5, 5.41) is 12.5. The van der Waals surface area contributed by atoms with Crippen molar-refractivity contribution in [2.75, 3.05) is 6.61 Å². The van der Waals surface area contributed by atoms with Gasteiger partial charge in [0.1, 0.15) is 11.8 Å². The van der Waals surface area contributed by atoms with Crippen molar-refractivity contribution in [3.8, 4) is 28.3 Å². The van der Waals surface area contributed by atoms with E-state index in [0.717, 1.165) is 45.9 Å². The van der Waals surface area contributed by atoms with Crippen LogP contribution in [0.4, 0.5) is 0 Å². The molecule has 0 saturated heterocycles. The highest BCUT2D eigenvalue weighted by Crippen LogP contribution is 2.29. The zero-order valence-electron chi connectivity index (χ0n) is 29.0. The lowest BCUT2D eigenvalue weighted by molar-refractivity contribution is -0.139. The number of amides is 1. The summed E-state index contributed by atoms with van der Waals surface area (Å²) in [6, 6.07) is 18.1. The molecule has 0 aliphatic rings. The van der Waals surface area contributed by atoms with E-state index in [0.29, 0.717) is 10.7 Å². The Bertz CT molecular complexity index is 1560. The van der Waals surface area contributed by atoms with E-state index in [1.165, 1.54) is 69.1 Å². The van der Waals surface area contributed by atoms with Crippen molar-refractivity contribution in [3.05, 3.63) is 88.4 Å². The Labute approximate surface area is 290 Å². The van der Waals surface area contributed by atoms with Gasteiger partial charge in [0.2, 0.25) is 0 Å². The number of unbranched alkanes of at least 4 members (excludes halogenated alkanes) is 9. The molecule has 2 heterocycles. The summed E-state index contributed by atoms with van der Waals surface area (Å²) in [6.45, 7) is 9.25. The number of nitrogens with one attached hydrogen (secondary N) is 1. The van der Waals surface area contributed by atoms with Crippen molar-refractivity contribution in [2.24, 2.45) is 0 Å². The number of carboxylic acids is 1. The van der Waals surface area contributed by atoms with E-state index in [4.69, 9.17) is 4.74 Å². The van der Waals surface area contributed by atoms with Crippen molar-refractivity contribution in [3.63, 3.8) is 0 Å². The van der Waals surface area contributed by atoms with E-state index in [-0.39, 0.29) is 17.7 Å². The van der Waals surface area contributed by atoms with Crippen molar-refractivity contribution < 1.29 is 19.4 Å². The molecule has 48 heavy (non-hydrogen) atoms. The van der Waals surface area contributed by atoms with Crippen LogP contribution in [0.5, 0.6) is 5.75 Å². The average molecular weight is 670 g/mol. The molecule has 0 aliphatic carbocycles. The summed E-state index contributed by atoms with van der Waals surface area (Å²) in [5.41, 5.74) is 3.47. The predicted molar refractivity (Wildman–Crippen MR) is 196 cm³/mol. The maximum absolute atomic E-state index is 12.8. The highest BCUT2D eigenvalue weighted by Gasteiger charge is 2.24. The number of hydrogen-bond acceptors (Lipinski definition) is 6. The summed E-state index contributed by atoms with van der Waals surface area (Å²) >= 11 is 1.39. The average Bonchev–Trinajstić information content (AvgIpc) is 3.60. The maximum atomic E-state index is 12.8. The van der Waals surface area contributed by atoms with Crippen LogP contribution in [0.25, 0.3) is 22.5 Å². The minimum absolute atomic E-state index is 0.0756. The van der Waals surface area contributed by atoms with E-state index in [9.17, 15) is 14.7 Å². The van der Waals surface area contributed by atoms with Crippen LogP contribution in [-0.2, 0) is 16.6 Å². The molecule has 0 saturated carbocycles. The lowest BCUT2D eigenvalue weighted by atomic mass is 9.95. The fourth-order valence-electron chi connectivity index (χ4n) is 5.47. The number of benzene rings is 2. The Kier molecular flexibility index (Phi) is 14.2. The number of ether oxygens (including phenoxy) is 1. The summed E-state index contributed by atoms with van der Waals surface area (Å²) in [6.07, 6.45) is 16.9. The molecule has 1 amide bonds. The molecule has 4 rings (SSSR count). The summed E-state index contributed by atoms with van der Waals surface area (Å²) in [7, 11) is 0. The van der Waals surface area contributed by atoms with Gasteiger partial charge in [-0.15, -0.1) is 11.3 Å². The van der Waals surface area contributed by atoms with E-state index in [2.05, 4.69) is 43.0 Å². The fourth-order valence-corrected chi connectivity index (χ4v) is 6.43. The third kappa shape index (κ3) is 11.6. The number of aromatic nitrogens is 2. The van der Waals surface area contributed by atoms with Gasteiger partial charge in [0, 0.05) is 34.8 Å². The number of carbonyl (C=O) groups excluding carboxylic acids is 1. The molecule has 2 aromatic heterocycles.